The van der Waals surface area contributed by atoms with E-state index in [1.54, 1.807) is 5.48 Å². The van der Waals surface area contributed by atoms with Gasteiger partial charge in [-0.2, -0.15) is 13.2 Å². The van der Waals surface area contributed by atoms with Gasteiger partial charge in [0.15, 0.2) is 0 Å². The van der Waals surface area contributed by atoms with E-state index < -0.39 is 12.1 Å². The first-order valence-corrected chi connectivity index (χ1v) is 6.84. The molecule has 19 heavy (non-hydrogen) atoms. The minimum Gasteiger partial charge on any atom is -0.335 e. The number of carbonyl (C=O) groups is 1. The predicted molar refractivity (Wildman–Crippen MR) is 72.6 cm³/mol. The highest BCUT2D eigenvalue weighted by molar-refractivity contribution is 9.11. The van der Waals surface area contributed by atoms with Crippen LogP contribution in [0.15, 0.2) is 8.95 Å². The van der Waals surface area contributed by atoms with Gasteiger partial charge in [-0.3, -0.25) is 0 Å². The number of rotatable bonds is 2. The van der Waals surface area contributed by atoms with Crippen molar-refractivity contribution in [3.63, 3.8) is 0 Å². The molecular weight excluding hydrogens is 465 g/mol. The van der Waals surface area contributed by atoms with Crippen molar-refractivity contribution < 1.29 is 22.8 Å². The normalized spacial score (nSPS) is 11.4. The van der Waals surface area contributed by atoms with Gasteiger partial charge in [-0.15, -0.1) is 0 Å². The molecule has 0 radical (unpaired) electrons. The van der Waals surface area contributed by atoms with Gasteiger partial charge in [-0.25, -0.2) is 10.3 Å². The maximum atomic E-state index is 12.0. The lowest BCUT2D eigenvalue weighted by atomic mass is 10.3. The van der Waals surface area contributed by atoms with Crippen molar-refractivity contribution >= 4 is 78.3 Å². The van der Waals surface area contributed by atoms with Crippen LogP contribution in [-0.4, -0.2) is 12.1 Å². The first-order chi connectivity index (χ1) is 8.57. The Morgan fingerprint density at radius 3 is 1.84 bits per heavy atom. The molecule has 0 heterocycles. The average molecular weight is 466 g/mol. The van der Waals surface area contributed by atoms with Crippen molar-refractivity contribution in [1.29, 1.82) is 0 Å². The Balaban J connectivity index is 3.07. The van der Waals surface area contributed by atoms with Crippen molar-refractivity contribution in [3.8, 4) is 0 Å². The molecule has 0 aliphatic carbocycles. The van der Waals surface area contributed by atoms with Crippen LogP contribution in [0.1, 0.15) is 0 Å². The molecule has 0 atom stereocenters. The summed E-state index contributed by atoms with van der Waals surface area (Å²) in [7, 11) is 0. The molecule has 0 aliphatic rings. The number of alkyl halides is 3. The van der Waals surface area contributed by atoms with E-state index in [2.05, 4.69) is 36.7 Å². The number of carbonyl (C=O) groups excluding carboxylic acids is 1. The molecule has 0 fully saturated rings. The maximum absolute atomic E-state index is 12.0. The van der Waals surface area contributed by atoms with E-state index in [0.29, 0.717) is 0 Å². The van der Waals surface area contributed by atoms with E-state index in [4.69, 9.17) is 34.8 Å². The number of halogens is 8. The summed E-state index contributed by atoms with van der Waals surface area (Å²) in [6, 6.07) is 0. The van der Waals surface area contributed by atoms with Gasteiger partial charge in [0, 0.05) is 0 Å². The summed E-state index contributed by atoms with van der Waals surface area (Å²) in [6.07, 6.45) is -5.13. The smallest absolute Gasteiger partial charge is 0.335 e. The number of hydrogen-bond acceptors (Lipinski definition) is 3. The van der Waals surface area contributed by atoms with E-state index in [-0.39, 0.29) is 29.7 Å². The molecule has 1 aromatic rings. The van der Waals surface area contributed by atoms with E-state index in [9.17, 15) is 18.0 Å². The Morgan fingerprint density at radius 1 is 1.05 bits per heavy atom. The van der Waals surface area contributed by atoms with E-state index in [1.165, 1.54) is 0 Å². The lowest BCUT2D eigenvalue weighted by molar-refractivity contribution is -0.196. The SMILES string of the molecule is O=C(ONc1c(Br)c(Cl)c(Cl)c(Cl)c1Br)C(F)(F)F. The highest BCUT2D eigenvalue weighted by Gasteiger charge is 2.42. The van der Waals surface area contributed by atoms with Gasteiger partial charge in [0.05, 0.1) is 24.0 Å². The zero-order chi connectivity index (χ0) is 15.0. The van der Waals surface area contributed by atoms with Crippen molar-refractivity contribution in [2.75, 3.05) is 5.48 Å². The maximum Gasteiger partial charge on any atom is 0.493 e. The molecule has 1 rings (SSSR count). The summed E-state index contributed by atoms with van der Waals surface area (Å²) >= 11 is 23.3. The summed E-state index contributed by atoms with van der Waals surface area (Å²) in [5.41, 5.74) is 1.69. The second-order valence-corrected chi connectivity index (χ2v) is 5.65. The summed E-state index contributed by atoms with van der Waals surface area (Å²) in [4.78, 5) is 14.4. The minimum absolute atomic E-state index is 0.0187. The molecule has 0 unspecified atom stereocenters. The third kappa shape index (κ3) is 3.81. The van der Waals surface area contributed by atoms with Crippen LogP contribution < -0.4 is 5.48 Å². The number of anilines is 1. The molecule has 0 aliphatic heterocycles. The van der Waals surface area contributed by atoms with Gasteiger partial charge in [-0.1, -0.05) is 34.8 Å². The molecule has 0 amide bonds. The van der Waals surface area contributed by atoms with Gasteiger partial charge >= 0.3 is 12.1 Å². The number of hydrogen-bond donors (Lipinski definition) is 1. The standard InChI is InChI=1S/C8HBr2Cl3F3NO2/c9-1-3(11)5(13)4(12)2(10)6(1)17-19-7(18)8(14,15)16/h17H. The third-order valence-corrected chi connectivity index (χ3v) is 5.06. The summed E-state index contributed by atoms with van der Waals surface area (Å²) < 4.78 is 36.0. The first-order valence-electron chi connectivity index (χ1n) is 4.12. The summed E-state index contributed by atoms with van der Waals surface area (Å²) in [5.74, 6) is -2.42. The monoisotopic (exact) mass is 463 g/mol. The van der Waals surface area contributed by atoms with Crippen molar-refractivity contribution in [2.45, 2.75) is 6.18 Å². The van der Waals surface area contributed by atoms with Crippen LogP contribution >= 0.6 is 66.7 Å². The zero-order valence-electron chi connectivity index (χ0n) is 8.34. The highest BCUT2D eigenvalue weighted by atomic mass is 79.9. The van der Waals surface area contributed by atoms with Crippen LogP contribution in [0.5, 0.6) is 0 Å². The molecule has 0 spiro atoms. The molecule has 1 N–H and O–H groups in total. The number of benzene rings is 1. The van der Waals surface area contributed by atoms with E-state index >= 15 is 0 Å². The van der Waals surface area contributed by atoms with Gasteiger partial charge in [0.25, 0.3) is 0 Å². The fraction of sp³-hybridized carbons (Fsp3) is 0.125. The van der Waals surface area contributed by atoms with Crippen LogP contribution in [0.2, 0.25) is 15.1 Å². The predicted octanol–water partition coefficient (Wildman–Crippen LogP) is 5.60. The van der Waals surface area contributed by atoms with Crippen molar-refractivity contribution in [3.05, 3.63) is 24.0 Å². The first kappa shape index (κ1) is 17.2. The van der Waals surface area contributed by atoms with Crippen LogP contribution in [0.4, 0.5) is 18.9 Å². The molecule has 0 saturated carbocycles. The fourth-order valence-corrected chi connectivity index (χ4v) is 2.91. The van der Waals surface area contributed by atoms with Crippen LogP contribution in [0.25, 0.3) is 0 Å². The van der Waals surface area contributed by atoms with E-state index in [0.717, 1.165) is 0 Å². The lowest BCUT2D eigenvalue weighted by Crippen LogP contribution is -2.27. The van der Waals surface area contributed by atoms with Gasteiger partial charge in [-0.05, 0) is 31.9 Å². The second-order valence-electron chi connectivity index (χ2n) is 2.93. The Bertz CT molecular complexity index is 510. The van der Waals surface area contributed by atoms with Crippen LogP contribution in [0.3, 0.4) is 0 Å². The van der Waals surface area contributed by atoms with Crippen molar-refractivity contribution in [1.82, 2.24) is 0 Å². The highest BCUT2D eigenvalue weighted by Crippen LogP contribution is 2.47. The molecular formula is C8HBr2Cl3F3NO2. The summed E-state index contributed by atoms with van der Waals surface area (Å²) in [5, 5.41) is -0.129. The molecule has 0 aromatic heterocycles. The van der Waals surface area contributed by atoms with E-state index in [1.807, 2.05) is 0 Å². The van der Waals surface area contributed by atoms with Crippen molar-refractivity contribution in [2.24, 2.45) is 0 Å². The third-order valence-electron chi connectivity index (χ3n) is 1.69. The molecule has 0 bridgehead atoms. The topological polar surface area (TPSA) is 38.3 Å². The lowest BCUT2D eigenvalue weighted by Gasteiger charge is -2.14. The van der Waals surface area contributed by atoms with Crippen LogP contribution in [-0.2, 0) is 9.63 Å². The second kappa shape index (κ2) is 6.26. The molecule has 106 valence electrons. The summed E-state index contributed by atoms with van der Waals surface area (Å²) in [6.45, 7) is 0. The van der Waals surface area contributed by atoms with Gasteiger partial charge in [0.2, 0.25) is 0 Å². The molecule has 1 aromatic carbocycles. The molecule has 11 heteroatoms. The number of nitrogens with one attached hydrogen (secondary N) is 1. The quantitative estimate of drug-likeness (QED) is 0.350. The van der Waals surface area contributed by atoms with Gasteiger partial charge < -0.3 is 4.84 Å². The zero-order valence-corrected chi connectivity index (χ0v) is 13.8. The fourth-order valence-electron chi connectivity index (χ4n) is 0.850. The van der Waals surface area contributed by atoms with Gasteiger partial charge in [0.1, 0.15) is 5.69 Å². The Kier molecular flexibility index (Phi) is 5.65. The Hall–Kier alpha value is 0.110. The minimum atomic E-state index is -5.13. The largest absolute Gasteiger partial charge is 0.493 e. The molecule has 0 saturated heterocycles. The Morgan fingerprint density at radius 2 is 1.47 bits per heavy atom. The Labute approximate surface area is 136 Å². The average Bonchev–Trinajstić information content (AvgIpc) is 2.32. The van der Waals surface area contributed by atoms with Crippen LogP contribution in [0, 0.1) is 0 Å². The molecule has 3 nitrogen and oxygen atoms in total.